The molecule has 1 rings (SSSR count). The summed E-state index contributed by atoms with van der Waals surface area (Å²) in [5.74, 6) is -0.494. The normalized spacial score (nSPS) is 12.1. The molecule has 0 heterocycles. The number of oxime groups is 1. The molecule has 1 unspecified atom stereocenters. The Hall–Kier alpha value is -1.81. The molecule has 5 heteroatoms. The smallest absolute Gasteiger partial charge is 0.350 e. The third-order valence-electron chi connectivity index (χ3n) is 1.99. The number of esters is 1. The molecule has 0 aromatic heterocycles. The van der Waals surface area contributed by atoms with Crippen LogP contribution in [0.2, 0.25) is 5.02 Å². The molecule has 1 aromatic carbocycles. The van der Waals surface area contributed by atoms with E-state index in [1.165, 1.54) is 12.3 Å². The molecule has 0 amide bonds. The predicted octanol–water partition coefficient (Wildman–Crippen LogP) is 2.81. The summed E-state index contributed by atoms with van der Waals surface area (Å²) in [6.45, 7) is 5.15. The Bertz CT molecular complexity index is 446. The van der Waals surface area contributed by atoms with Crippen LogP contribution in [-0.4, -0.2) is 24.9 Å². The summed E-state index contributed by atoms with van der Waals surface area (Å²) >= 11 is 5.92. The maximum absolute atomic E-state index is 11.3. The largest absolute Gasteiger partial charge is 0.459 e. The van der Waals surface area contributed by atoms with Crippen LogP contribution in [0.1, 0.15) is 12.5 Å². The SMILES string of the molecule is C=CCOC(=O)C(C)ON=Cc1ccccc1Cl. The van der Waals surface area contributed by atoms with Crippen LogP contribution in [0, 0.1) is 0 Å². The summed E-state index contributed by atoms with van der Waals surface area (Å²) in [6.07, 6.45) is 2.15. The number of benzene rings is 1. The molecule has 0 aliphatic heterocycles. The molecule has 0 bridgehead atoms. The number of ether oxygens (including phenoxy) is 1. The monoisotopic (exact) mass is 267 g/mol. The Morgan fingerprint density at radius 1 is 1.56 bits per heavy atom. The number of nitrogens with zero attached hydrogens (tertiary/aromatic N) is 1. The van der Waals surface area contributed by atoms with Crippen molar-refractivity contribution in [2.24, 2.45) is 5.16 Å². The van der Waals surface area contributed by atoms with Crippen molar-refractivity contribution < 1.29 is 14.4 Å². The fourth-order valence-corrected chi connectivity index (χ4v) is 1.24. The first-order chi connectivity index (χ1) is 8.65. The van der Waals surface area contributed by atoms with Gasteiger partial charge in [0.2, 0.25) is 6.10 Å². The summed E-state index contributed by atoms with van der Waals surface area (Å²) in [6, 6.07) is 7.17. The number of rotatable bonds is 6. The Morgan fingerprint density at radius 2 is 2.28 bits per heavy atom. The van der Waals surface area contributed by atoms with E-state index in [9.17, 15) is 4.79 Å². The third kappa shape index (κ3) is 4.59. The summed E-state index contributed by atoms with van der Waals surface area (Å²) in [4.78, 5) is 16.3. The number of halogens is 1. The van der Waals surface area contributed by atoms with Gasteiger partial charge in [0.1, 0.15) is 6.61 Å². The minimum absolute atomic E-state index is 0.154. The molecule has 0 saturated carbocycles. The molecule has 18 heavy (non-hydrogen) atoms. The van der Waals surface area contributed by atoms with Gasteiger partial charge in [0.25, 0.3) is 0 Å². The first kappa shape index (κ1) is 14.3. The molecular formula is C13H14ClNO3. The molecule has 0 saturated heterocycles. The summed E-state index contributed by atoms with van der Waals surface area (Å²) in [5.41, 5.74) is 0.714. The van der Waals surface area contributed by atoms with Crippen molar-refractivity contribution in [1.29, 1.82) is 0 Å². The van der Waals surface area contributed by atoms with E-state index in [1.807, 2.05) is 12.1 Å². The van der Waals surface area contributed by atoms with Crippen molar-refractivity contribution in [3.63, 3.8) is 0 Å². The Kier molecular flexibility index (Phi) is 5.94. The van der Waals surface area contributed by atoms with Gasteiger partial charge in [-0.3, -0.25) is 0 Å². The first-order valence-electron chi connectivity index (χ1n) is 5.36. The van der Waals surface area contributed by atoms with Crippen molar-refractivity contribution in [2.45, 2.75) is 13.0 Å². The quantitative estimate of drug-likeness (QED) is 0.345. The van der Waals surface area contributed by atoms with Gasteiger partial charge in [-0.25, -0.2) is 4.79 Å². The lowest BCUT2D eigenvalue weighted by Gasteiger charge is -2.07. The van der Waals surface area contributed by atoms with Gasteiger partial charge in [-0.05, 0) is 13.0 Å². The zero-order chi connectivity index (χ0) is 13.4. The van der Waals surface area contributed by atoms with Crippen molar-refractivity contribution in [3.05, 3.63) is 47.5 Å². The highest BCUT2D eigenvalue weighted by molar-refractivity contribution is 6.33. The molecular weight excluding hydrogens is 254 g/mol. The number of carbonyl (C=O) groups is 1. The van der Waals surface area contributed by atoms with E-state index in [2.05, 4.69) is 11.7 Å². The second-order valence-electron chi connectivity index (χ2n) is 3.42. The molecule has 0 radical (unpaired) electrons. The standard InChI is InChI=1S/C13H14ClNO3/c1-3-8-17-13(16)10(2)18-15-9-11-6-4-5-7-12(11)14/h3-7,9-10H,1,8H2,2H3. The number of hydrogen-bond donors (Lipinski definition) is 0. The molecule has 1 atom stereocenters. The van der Waals surface area contributed by atoms with E-state index in [-0.39, 0.29) is 6.61 Å². The van der Waals surface area contributed by atoms with Gasteiger partial charge in [-0.15, -0.1) is 0 Å². The van der Waals surface area contributed by atoms with Gasteiger partial charge >= 0.3 is 5.97 Å². The average molecular weight is 268 g/mol. The number of hydrogen-bond acceptors (Lipinski definition) is 4. The van der Waals surface area contributed by atoms with Gasteiger partial charge in [0.05, 0.1) is 6.21 Å². The van der Waals surface area contributed by atoms with E-state index in [0.717, 1.165) is 0 Å². The second kappa shape index (κ2) is 7.50. The molecule has 4 nitrogen and oxygen atoms in total. The molecule has 96 valence electrons. The molecule has 1 aromatic rings. The second-order valence-corrected chi connectivity index (χ2v) is 3.83. The van der Waals surface area contributed by atoms with Crippen LogP contribution in [-0.2, 0) is 14.4 Å². The lowest BCUT2D eigenvalue weighted by molar-refractivity contribution is -0.154. The van der Waals surface area contributed by atoms with Crippen LogP contribution in [0.3, 0.4) is 0 Å². The Morgan fingerprint density at radius 3 is 2.94 bits per heavy atom. The minimum Gasteiger partial charge on any atom is -0.459 e. The summed E-state index contributed by atoms with van der Waals surface area (Å²) < 4.78 is 4.80. The summed E-state index contributed by atoms with van der Waals surface area (Å²) in [7, 11) is 0. The highest BCUT2D eigenvalue weighted by atomic mass is 35.5. The van der Waals surface area contributed by atoms with Crippen LogP contribution < -0.4 is 0 Å². The molecule has 0 spiro atoms. The minimum atomic E-state index is -0.774. The zero-order valence-corrected chi connectivity index (χ0v) is 10.8. The van der Waals surface area contributed by atoms with Crippen LogP contribution in [0.4, 0.5) is 0 Å². The van der Waals surface area contributed by atoms with Crippen LogP contribution in [0.25, 0.3) is 0 Å². The predicted molar refractivity (Wildman–Crippen MR) is 70.7 cm³/mol. The molecule has 0 aliphatic carbocycles. The van der Waals surface area contributed by atoms with Gasteiger partial charge in [0.15, 0.2) is 0 Å². The lowest BCUT2D eigenvalue weighted by Crippen LogP contribution is -2.21. The maximum atomic E-state index is 11.3. The van der Waals surface area contributed by atoms with Crippen molar-refractivity contribution >= 4 is 23.8 Å². The fraction of sp³-hybridized carbons (Fsp3) is 0.231. The Labute approximate surface area is 111 Å². The Balaban J connectivity index is 2.47. The molecule has 0 fully saturated rings. The van der Waals surface area contributed by atoms with E-state index in [0.29, 0.717) is 10.6 Å². The van der Waals surface area contributed by atoms with Crippen LogP contribution in [0.15, 0.2) is 42.1 Å². The van der Waals surface area contributed by atoms with Crippen molar-refractivity contribution in [1.82, 2.24) is 0 Å². The van der Waals surface area contributed by atoms with E-state index in [1.54, 1.807) is 19.1 Å². The van der Waals surface area contributed by atoms with E-state index in [4.69, 9.17) is 21.2 Å². The fourth-order valence-electron chi connectivity index (χ4n) is 1.06. The van der Waals surface area contributed by atoms with Gasteiger partial charge in [0, 0.05) is 10.6 Å². The highest BCUT2D eigenvalue weighted by Gasteiger charge is 2.14. The van der Waals surface area contributed by atoms with Crippen molar-refractivity contribution in [2.75, 3.05) is 6.61 Å². The number of carbonyl (C=O) groups excluding carboxylic acids is 1. The summed E-state index contributed by atoms with van der Waals surface area (Å²) in [5, 5.41) is 4.26. The zero-order valence-electron chi connectivity index (χ0n) is 10.0. The third-order valence-corrected chi connectivity index (χ3v) is 2.34. The topological polar surface area (TPSA) is 47.9 Å². The first-order valence-corrected chi connectivity index (χ1v) is 5.74. The van der Waals surface area contributed by atoms with Crippen LogP contribution in [0.5, 0.6) is 0 Å². The van der Waals surface area contributed by atoms with Crippen molar-refractivity contribution in [3.8, 4) is 0 Å². The molecule has 0 N–H and O–H groups in total. The van der Waals surface area contributed by atoms with E-state index < -0.39 is 12.1 Å². The van der Waals surface area contributed by atoms with Gasteiger partial charge < -0.3 is 9.57 Å². The average Bonchev–Trinajstić information content (AvgIpc) is 2.38. The van der Waals surface area contributed by atoms with Gasteiger partial charge in [-0.2, -0.15) is 0 Å². The highest BCUT2D eigenvalue weighted by Crippen LogP contribution is 2.12. The lowest BCUT2D eigenvalue weighted by atomic mass is 10.2. The van der Waals surface area contributed by atoms with Gasteiger partial charge in [-0.1, -0.05) is 47.6 Å². The van der Waals surface area contributed by atoms with Crippen LogP contribution >= 0.6 is 11.6 Å². The maximum Gasteiger partial charge on any atom is 0.350 e. The molecule has 0 aliphatic rings. The van der Waals surface area contributed by atoms with E-state index >= 15 is 0 Å².